The molecule has 1 aliphatic heterocycles. The number of amides is 1. The van der Waals surface area contributed by atoms with Crippen LogP contribution in [0.4, 0.5) is 0 Å². The van der Waals surface area contributed by atoms with Gasteiger partial charge in [0.25, 0.3) is 5.91 Å². The molecular formula is C13H14INO5. The lowest BCUT2D eigenvalue weighted by Gasteiger charge is -2.31. The van der Waals surface area contributed by atoms with E-state index in [9.17, 15) is 14.7 Å². The number of carbonyl (C=O) groups is 2. The first-order chi connectivity index (χ1) is 9.52. The molecule has 0 saturated carbocycles. The monoisotopic (exact) mass is 391 g/mol. The Morgan fingerprint density at radius 1 is 1.50 bits per heavy atom. The van der Waals surface area contributed by atoms with Crippen molar-refractivity contribution in [2.24, 2.45) is 0 Å². The first-order valence-electron chi connectivity index (χ1n) is 6.00. The molecule has 0 spiro atoms. The Bertz CT molecular complexity index is 533. The number of rotatable bonds is 2. The predicted molar refractivity (Wildman–Crippen MR) is 78.5 cm³/mol. The van der Waals surface area contributed by atoms with E-state index in [-0.39, 0.29) is 24.8 Å². The van der Waals surface area contributed by atoms with E-state index in [1.165, 1.54) is 18.1 Å². The molecule has 1 amide bonds. The van der Waals surface area contributed by atoms with E-state index in [1.54, 1.807) is 12.1 Å². The van der Waals surface area contributed by atoms with Crippen molar-refractivity contribution < 1.29 is 24.2 Å². The maximum atomic E-state index is 12.3. The number of phenols is 1. The first-order valence-corrected chi connectivity index (χ1v) is 7.08. The zero-order chi connectivity index (χ0) is 14.7. The van der Waals surface area contributed by atoms with Crippen LogP contribution in [0.15, 0.2) is 18.2 Å². The lowest BCUT2D eigenvalue weighted by molar-refractivity contribution is -0.158. The molecule has 1 saturated heterocycles. The predicted octanol–water partition coefficient (Wildman–Crippen LogP) is 1.01. The summed E-state index contributed by atoms with van der Waals surface area (Å²) in [5.74, 6) is -0.670. The van der Waals surface area contributed by atoms with Crippen molar-refractivity contribution in [2.75, 3.05) is 26.8 Å². The maximum absolute atomic E-state index is 12.3. The Balaban J connectivity index is 2.12. The smallest absolute Gasteiger partial charge is 0.336 e. The number of aromatic hydroxyl groups is 1. The molecule has 0 aromatic heterocycles. The normalized spacial score (nSPS) is 18.7. The SMILES string of the molecule is COC(=O)C1CN(C(=O)c2ccc(I)c(O)c2)CCO1. The average molecular weight is 391 g/mol. The number of nitrogens with zero attached hydrogens (tertiary/aromatic N) is 1. The summed E-state index contributed by atoms with van der Waals surface area (Å²) in [7, 11) is 1.28. The van der Waals surface area contributed by atoms with Gasteiger partial charge in [0.05, 0.1) is 23.8 Å². The van der Waals surface area contributed by atoms with Crippen molar-refractivity contribution in [1.82, 2.24) is 4.90 Å². The van der Waals surface area contributed by atoms with E-state index in [2.05, 4.69) is 4.74 Å². The summed E-state index contributed by atoms with van der Waals surface area (Å²) in [6.07, 6.45) is -0.754. The van der Waals surface area contributed by atoms with Gasteiger partial charge in [-0.05, 0) is 40.8 Å². The van der Waals surface area contributed by atoms with Gasteiger partial charge in [0.15, 0.2) is 6.10 Å². The molecule has 1 aromatic carbocycles. The fourth-order valence-electron chi connectivity index (χ4n) is 1.94. The quantitative estimate of drug-likeness (QED) is 0.602. The average Bonchev–Trinajstić information content (AvgIpc) is 2.48. The molecule has 1 N–H and O–H groups in total. The zero-order valence-corrected chi connectivity index (χ0v) is 13.0. The Morgan fingerprint density at radius 2 is 2.25 bits per heavy atom. The third-order valence-electron chi connectivity index (χ3n) is 3.01. The minimum atomic E-state index is -0.754. The highest BCUT2D eigenvalue weighted by Gasteiger charge is 2.30. The molecule has 7 heteroatoms. The van der Waals surface area contributed by atoms with Crippen molar-refractivity contribution in [1.29, 1.82) is 0 Å². The molecule has 0 bridgehead atoms. The van der Waals surface area contributed by atoms with Crippen LogP contribution in [0.3, 0.4) is 0 Å². The topological polar surface area (TPSA) is 76.1 Å². The maximum Gasteiger partial charge on any atom is 0.336 e. The second-order valence-corrected chi connectivity index (χ2v) is 5.46. The van der Waals surface area contributed by atoms with Crippen LogP contribution in [0, 0.1) is 3.57 Å². The number of phenolic OH excluding ortho intramolecular Hbond substituents is 1. The highest BCUT2D eigenvalue weighted by Crippen LogP contribution is 2.22. The molecule has 1 aliphatic rings. The van der Waals surface area contributed by atoms with Gasteiger partial charge >= 0.3 is 5.97 Å². The summed E-state index contributed by atoms with van der Waals surface area (Å²) < 4.78 is 10.6. The molecular weight excluding hydrogens is 377 g/mol. The minimum Gasteiger partial charge on any atom is -0.507 e. The molecule has 0 aliphatic carbocycles. The summed E-state index contributed by atoms with van der Waals surface area (Å²) in [5.41, 5.74) is 0.383. The molecule has 1 unspecified atom stereocenters. The first kappa shape index (κ1) is 15.0. The Kier molecular flexibility index (Phi) is 4.81. The van der Waals surface area contributed by atoms with Gasteiger partial charge in [0.2, 0.25) is 0 Å². The van der Waals surface area contributed by atoms with Gasteiger partial charge in [0, 0.05) is 12.1 Å². The summed E-state index contributed by atoms with van der Waals surface area (Å²) in [6, 6.07) is 4.74. The van der Waals surface area contributed by atoms with Gasteiger partial charge in [0.1, 0.15) is 5.75 Å². The van der Waals surface area contributed by atoms with Crippen LogP contribution in [0.2, 0.25) is 0 Å². The van der Waals surface area contributed by atoms with E-state index in [0.717, 1.165) is 0 Å². The van der Waals surface area contributed by atoms with E-state index < -0.39 is 12.1 Å². The van der Waals surface area contributed by atoms with Crippen molar-refractivity contribution in [3.63, 3.8) is 0 Å². The molecule has 108 valence electrons. The largest absolute Gasteiger partial charge is 0.507 e. The number of morpholine rings is 1. The van der Waals surface area contributed by atoms with E-state index >= 15 is 0 Å². The van der Waals surface area contributed by atoms with E-state index in [4.69, 9.17) is 4.74 Å². The number of hydrogen-bond acceptors (Lipinski definition) is 5. The lowest BCUT2D eigenvalue weighted by atomic mass is 10.1. The van der Waals surface area contributed by atoms with Gasteiger partial charge in [-0.3, -0.25) is 4.79 Å². The Morgan fingerprint density at radius 3 is 2.90 bits per heavy atom. The van der Waals surface area contributed by atoms with Crippen LogP contribution in [0.5, 0.6) is 5.75 Å². The highest BCUT2D eigenvalue weighted by atomic mass is 127. The van der Waals surface area contributed by atoms with Gasteiger partial charge < -0.3 is 19.5 Å². The van der Waals surface area contributed by atoms with Crippen molar-refractivity contribution >= 4 is 34.5 Å². The summed E-state index contributed by atoms with van der Waals surface area (Å²) in [5, 5.41) is 9.65. The number of halogens is 1. The van der Waals surface area contributed by atoms with Crippen LogP contribution in [-0.2, 0) is 14.3 Å². The van der Waals surface area contributed by atoms with Crippen molar-refractivity contribution in [3.8, 4) is 5.75 Å². The van der Waals surface area contributed by atoms with E-state index in [0.29, 0.717) is 15.7 Å². The summed E-state index contributed by atoms with van der Waals surface area (Å²) in [4.78, 5) is 25.3. The minimum absolute atomic E-state index is 0.0641. The molecule has 1 heterocycles. The van der Waals surface area contributed by atoms with E-state index in [1.807, 2.05) is 22.6 Å². The number of ether oxygens (including phenoxy) is 2. The molecule has 1 atom stereocenters. The van der Waals surface area contributed by atoms with Crippen LogP contribution in [0.25, 0.3) is 0 Å². The Hall–Kier alpha value is -1.35. The third kappa shape index (κ3) is 3.21. The van der Waals surface area contributed by atoms with Gasteiger partial charge in [-0.25, -0.2) is 4.79 Å². The van der Waals surface area contributed by atoms with Crippen LogP contribution < -0.4 is 0 Å². The third-order valence-corrected chi connectivity index (χ3v) is 3.92. The molecule has 20 heavy (non-hydrogen) atoms. The summed E-state index contributed by atoms with van der Waals surface area (Å²) in [6.45, 7) is 0.833. The van der Waals surface area contributed by atoms with Gasteiger partial charge in [-0.2, -0.15) is 0 Å². The number of benzene rings is 1. The fraction of sp³-hybridized carbons (Fsp3) is 0.385. The van der Waals surface area contributed by atoms with Crippen molar-refractivity contribution in [3.05, 3.63) is 27.3 Å². The number of carbonyl (C=O) groups excluding carboxylic acids is 2. The van der Waals surface area contributed by atoms with Crippen LogP contribution in [-0.4, -0.2) is 54.8 Å². The van der Waals surface area contributed by atoms with Crippen LogP contribution >= 0.6 is 22.6 Å². The standard InChI is InChI=1S/C13H14INO5/c1-19-13(18)11-7-15(4-5-20-11)12(17)8-2-3-9(14)10(16)6-8/h2-3,6,11,16H,4-5,7H2,1H3. The van der Waals surface area contributed by atoms with Gasteiger partial charge in [-0.15, -0.1) is 0 Å². The van der Waals surface area contributed by atoms with Gasteiger partial charge in [-0.1, -0.05) is 0 Å². The molecule has 1 aromatic rings. The zero-order valence-electron chi connectivity index (χ0n) is 10.8. The molecule has 1 fully saturated rings. The summed E-state index contributed by atoms with van der Waals surface area (Å²) >= 11 is 1.98. The Labute approximate surface area is 129 Å². The fourth-order valence-corrected chi connectivity index (χ4v) is 2.27. The number of hydrogen-bond donors (Lipinski definition) is 1. The highest BCUT2D eigenvalue weighted by molar-refractivity contribution is 14.1. The van der Waals surface area contributed by atoms with Crippen molar-refractivity contribution in [2.45, 2.75) is 6.10 Å². The number of methoxy groups -OCH3 is 1. The van der Waals surface area contributed by atoms with Crippen LogP contribution in [0.1, 0.15) is 10.4 Å². The molecule has 0 radical (unpaired) electrons. The number of esters is 1. The molecule has 2 rings (SSSR count). The molecule has 6 nitrogen and oxygen atoms in total. The second kappa shape index (κ2) is 6.40. The second-order valence-electron chi connectivity index (χ2n) is 4.30. The lowest BCUT2D eigenvalue weighted by Crippen LogP contribution is -2.48.